The van der Waals surface area contributed by atoms with Gasteiger partial charge in [0, 0.05) is 25.0 Å². The minimum absolute atomic E-state index is 0.724. The van der Waals surface area contributed by atoms with Crippen LogP contribution in [0.2, 0.25) is 5.02 Å². The molecule has 3 nitrogen and oxygen atoms in total. The molecule has 0 saturated heterocycles. The number of ether oxygens (including phenoxy) is 1. The zero-order valence-corrected chi connectivity index (χ0v) is 15.6. The van der Waals surface area contributed by atoms with Crippen molar-refractivity contribution in [1.29, 1.82) is 0 Å². The van der Waals surface area contributed by atoms with Gasteiger partial charge in [-0.3, -0.25) is 0 Å². The highest BCUT2D eigenvalue weighted by Gasteiger charge is 2.16. The number of aryl methyl sites for hydroxylation is 1. The standard InChI is InChI=1S/C18H18BrClN2O/c1-12-8-14(18(23-3)15(19)9-12)13-4-5-17(16(20)10-13)22-7-6-21(2)11-22/h4-10H,11H2,1-3H3. The largest absolute Gasteiger partial charge is 0.495 e. The van der Waals surface area contributed by atoms with Crippen LogP contribution >= 0.6 is 27.5 Å². The van der Waals surface area contributed by atoms with Crippen molar-refractivity contribution in [2.45, 2.75) is 6.92 Å². The van der Waals surface area contributed by atoms with Crippen molar-refractivity contribution in [3.63, 3.8) is 0 Å². The van der Waals surface area contributed by atoms with Gasteiger partial charge in [0.2, 0.25) is 0 Å². The third-order valence-electron chi connectivity index (χ3n) is 3.84. The lowest BCUT2D eigenvalue weighted by Gasteiger charge is -2.20. The Bertz CT molecular complexity index is 776. The van der Waals surface area contributed by atoms with E-state index in [0.717, 1.165) is 44.3 Å². The molecule has 2 aromatic rings. The predicted octanol–water partition coefficient (Wildman–Crippen LogP) is 5.27. The van der Waals surface area contributed by atoms with E-state index in [-0.39, 0.29) is 0 Å². The first-order valence-electron chi connectivity index (χ1n) is 7.29. The van der Waals surface area contributed by atoms with Crippen LogP contribution in [0.15, 0.2) is 47.2 Å². The molecular formula is C18H18BrClN2O. The number of nitrogens with zero attached hydrogens (tertiary/aromatic N) is 2. The maximum Gasteiger partial charge on any atom is 0.140 e. The van der Waals surface area contributed by atoms with Crippen LogP contribution in [0.4, 0.5) is 5.69 Å². The molecule has 0 unspecified atom stereocenters. The van der Waals surface area contributed by atoms with Gasteiger partial charge in [0.05, 0.1) is 29.0 Å². The van der Waals surface area contributed by atoms with Crippen LogP contribution in [0, 0.1) is 6.92 Å². The minimum Gasteiger partial charge on any atom is -0.495 e. The van der Waals surface area contributed by atoms with Crippen molar-refractivity contribution < 1.29 is 4.74 Å². The van der Waals surface area contributed by atoms with Gasteiger partial charge in [-0.2, -0.15) is 0 Å². The summed E-state index contributed by atoms with van der Waals surface area (Å²) in [7, 11) is 3.72. The summed E-state index contributed by atoms with van der Waals surface area (Å²) in [5.74, 6) is 0.820. The van der Waals surface area contributed by atoms with Crippen LogP contribution in [-0.2, 0) is 0 Å². The summed E-state index contributed by atoms with van der Waals surface area (Å²) in [6.45, 7) is 2.87. The fraction of sp³-hybridized carbons (Fsp3) is 0.222. The van der Waals surface area contributed by atoms with E-state index in [2.05, 4.69) is 50.9 Å². The highest BCUT2D eigenvalue weighted by Crippen LogP contribution is 2.40. The molecule has 1 aliphatic rings. The molecule has 0 spiro atoms. The molecule has 1 aliphatic heterocycles. The second-order valence-corrected chi connectivity index (χ2v) is 6.92. The molecule has 120 valence electrons. The van der Waals surface area contributed by atoms with Gasteiger partial charge < -0.3 is 14.5 Å². The molecule has 0 atom stereocenters. The van der Waals surface area contributed by atoms with Gasteiger partial charge in [-0.1, -0.05) is 17.7 Å². The smallest absolute Gasteiger partial charge is 0.140 e. The van der Waals surface area contributed by atoms with Crippen LogP contribution in [0.5, 0.6) is 5.75 Å². The SMILES string of the molecule is COc1c(Br)cc(C)cc1-c1ccc(N2C=CN(C)C2)c(Cl)c1. The molecule has 23 heavy (non-hydrogen) atoms. The molecule has 2 aromatic carbocycles. The summed E-state index contributed by atoms with van der Waals surface area (Å²) in [5, 5.41) is 0.724. The van der Waals surface area contributed by atoms with Crippen LogP contribution in [0.3, 0.4) is 0 Å². The van der Waals surface area contributed by atoms with Gasteiger partial charge in [0.25, 0.3) is 0 Å². The van der Waals surface area contributed by atoms with Crippen molar-refractivity contribution in [3.05, 3.63) is 57.8 Å². The maximum absolute atomic E-state index is 6.54. The lowest BCUT2D eigenvalue weighted by molar-refractivity contribution is 0.413. The number of benzene rings is 2. The molecule has 0 radical (unpaired) electrons. The van der Waals surface area contributed by atoms with E-state index in [1.807, 2.05) is 31.6 Å². The fourth-order valence-electron chi connectivity index (χ4n) is 2.74. The lowest BCUT2D eigenvalue weighted by atomic mass is 10.0. The third kappa shape index (κ3) is 3.19. The van der Waals surface area contributed by atoms with Crippen LogP contribution in [-0.4, -0.2) is 25.7 Å². The normalized spacial score (nSPS) is 13.8. The van der Waals surface area contributed by atoms with Crippen LogP contribution in [0.25, 0.3) is 11.1 Å². The number of hydrogen-bond acceptors (Lipinski definition) is 3. The average Bonchev–Trinajstić information content (AvgIpc) is 2.92. The highest BCUT2D eigenvalue weighted by molar-refractivity contribution is 9.10. The molecule has 1 heterocycles. The Morgan fingerprint density at radius 1 is 1.17 bits per heavy atom. The predicted molar refractivity (Wildman–Crippen MR) is 100 cm³/mol. The summed E-state index contributed by atoms with van der Waals surface area (Å²) in [6.07, 6.45) is 4.07. The monoisotopic (exact) mass is 392 g/mol. The molecule has 0 bridgehead atoms. The highest BCUT2D eigenvalue weighted by atomic mass is 79.9. The summed E-state index contributed by atoms with van der Waals surface area (Å²) in [4.78, 5) is 4.22. The van der Waals surface area contributed by atoms with Gasteiger partial charge in [-0.05, 0) is 58.2 Å². The summed E-state index contributed by atoms with van der Waals surface area (Å²) >= 11 is 10.1. The topological polar surface area (TPSA) is 15.7 Å². The quantitative estimate of drug-likeness (QED) is 0.707. The third-order valence-corrected chi connectivity index (χ3v) is 4.73. The molecule has 0 aromatic heterocycles. The summed E-state index contributed by atoms with van der Waals surface area (Å²) in [5.41, 5.74) is 4.23. The first-order valence-corrected chi connectivity index (χ1v) is 8.46. The zero-order valence-electron chi connectivity index (χ0n) is 13.3. The van der Waals surface area contributed by atoms with Crippen molar-refractivity contribution in [2.24, 2.45) is 0 Å². The van der Waals surface area contributed by atoms with Gasteiger partial charge >= 0.3 is 0 Å². The molecule has 0 amide bonds. The Morgan fingerprint density at radius 3 is 2.57 bits per heavy atom. The Kier molecular flexibility index (Phi) is 4.55. The number of halogens is 2. The van der Waals surface area contributed by atoms with E-state index in [4.69, 9.17) is 16.3 Å². The first kappa shape index (κ1) is 16.2. The number of rotatable bonds is 3. The second kappa shape index (κ2) is 6.46. The van der Waals surface area contributed by atoms with E-state index >= 15 is 0 Å². The van der Waals surface area contributed by atoms with E-state index < -0.39 is 0 Å². The molecule has 0 saturated carbocycles. The maximum atomic E-state index is 6.54. The average molecular weight is 394 g/mol. The Morgan fingerprint density at radius 2 is 1.96 bits per heavy atom. The number of methoxy groups -OCH3 is 1. The molecule has 3 rings (SSSR count). The van der Waals surface area contributed by atoms with Crippen molar-refractivity contribution in [2.75, 3.05) is 25.7 Å². The van der Waals surface area contributed by atoms with Gasteiger partial charge in [-0.25, -0.2) is 0 Å². The minimum atomic E-state index is 0.724. The fourth-order valence-corrected chi connectivity index (χ4v) is 3.77. The van der Waals surface area contributed by atoms with E-state index in [1.165, 1.54) is 0 Å². The second-order valence-electron chi connectivity index (χ2n) is 5.66. The van der Waals surface area contributed by atoms with E-state index in [0.29, 0.717) is 0 Å². The first-order chi connectivity index (χ1) is 11.0. The van der Waals surface area contributed by atoms with Gasteiger partial charge in [-0.15, -0.1) is 0 Å². The van der Waals surface area contributed by atoms with E-state index in [9.17, 15) is 0 Å². The lowest BCUT2D eigenvalue weighted by Crippen LogP contribution is -2.21. The number of anilines is 1. The molecular weight excluding hydrogens is 376 g/mol. The Balaban J connectivity index is 2.03. The van der Waals surface area contributed by atoms with E-state index in [1.54, 1.807) is 7.11 Å². The van der Waals surface area contributed by atoms with Crippen LogP contribution in [0.1, 0.15) is 5.56 Å². The summed E-state index contributed by atoms with van der Waals surface area (Å²) < 4.78 is 6.50. The van der Waals surface area contributed by atoms with Crippen molar-refractivity contribution >= 4 is 33.2 Å². The van der Waals surface area contributed by atoms with Crippen molar-refractivity contribution in [3.8, 4) is 16.9 Å². The molecule has 0 N–H and O–H groups in total. The summed E-state index contributed by atoms with van der Waals surface area (Å²) in [6, 6.07) is 10.3. The van der Waals surface area contributed by atoms with Crippen LogP contribution < -0.4 is 9.64 Å². The molecule has 5 heteroatoms. The molecule has 0 fully saturated rings. The Hall–Kier alpha value is -1.65. The van der Waals surface area contributed by atoms with Gasteiger partial charge in [0.15, 0.2) is 0 Å². The van der Waals surface area contributed by atoms with Crippen molar-refractivity contribution in [1.82, 2.24) is 4.90 Å². The zero-order chi connectivity index (χ0) is 16.6. The molecule has 0 aliphatic carbocycles. The Labute approximate surface area is 150 Å². The number of hydrogen-bond donors (Lipinski definition) is 0. The van der Waals surface area contributed by atoms with Gasteiger partial charge in [0.1, 0.15) is 5.75 Å².